The van der Waals surface area contributed by atoms with Crippen LogP contribution in [-0.4, -0.2) is 60.3 Å². The van der Waals surface area contributed by atoms with Crippen molar-refractivity contribution in [1.29, 1.82) is 0 Å². The average molecular weight is 493 g/mol. The summed E-state index contributed by atoms with van der Waals surface area (Å²) in [5, 5.41) is 5.68. The van der Waals surface area contributed by atoms with Gasteiger partial charge >= 0.3 is 0 Å². The first-order chi connectivity index (χ1) is 16.3. The highest BCUT2D eigenvalue weighted by molar-refractivity contribution is 7.93. The molecule has 184 valence electrons. The third kappa shape index (κ3) is 4.96. The molecule has 11 heteroatoms. The van der Waals surface area contributed by atoms with Gasteiger partial charge in [0.25, 0.3) is 0 Å². The lowest BCUT2D eigenvalue weighted by atomic mass is 10.0. The molecule has 2 N–H and O–H groups in total. The van der Waals surface area contributed by atoms with Gasteiger partial charge in [-0.25, -0.2) is 8.42 Å². The number of rotatable bonds is 11. The minimum absolute atomic E-state index is 0.0417. The van der Waals surface area contributed by atoms with Gasteiger partial charge in [-0.2, -0.15) is 0 Å². The highest BCUT2D eigenvalue weighted by atomic mass is 32.2. The standard InChI is InChI=1S/C23H28N2O8S/c1-29-16-9-10-23(32-4,34(27,28)18-7-8-19(30-2)20(13-18)31-3)21(12-16)24-15-22(26)25-14-17-6-5-11-33-17/h5-13,21,24H,14-15H2,1-4H3,(H,25,26). The van der Waals surface area contributed by atoms with Crippen LogP contribution >= 0.6 is 0 Å². The van der Waals surface area contributed by atoms with Gasteiger partial charge in [0.1, 0.15) is 11.5 Å². The van der Waals surface area contributed by atoms with Crippen molar-refractivity contribution in [3.8, 4) is 11.5 Å². The zero-order valence-corrected chi connectivity index (χ0v) is 20.2. The Labute approximate surface area is 198 Å². The molecular formula is C23H28N2O8S. The first kappa shape index (κ1) is 25.3. The fourth-order valence-corrected chi connectivity index (χ4v) is 5.40. The van der Waals surface area contributed by atoms with Gasteiger partial charge in [0.05, 0.1) is 51.6 Å². The Kier molecular flexibility index (Phi) is 8.02. The summed E-state index contributed by atoms with van der Waals surface area (Å²) in [7, 11) is 1.47. The van der Waals surface area contributed by atoms with E-state index in [1.165, 1.54) is 65.1 Å². The molecule has 0 saturated carbocycles. The predicted octanol–water partition coefficient (Wildman–Crippen LogP) is 1.79. The molecule has 0 fully saturated rings. The van der Waals surface area contributed by atoms with Crippen LogP contribution in [0.2, 0.25) is 0 Å². The number of hydrogen-bond acceptors (Lipinski definition) is 9. The minimum atomic E-state index is -4.16. The highest BCUT2D eigenvalue weighted by Gasteiger charge is 2.51. The molecule has 1 aromatic heterocycles. The van der Waals surface area contributed by atoms with Crippen LogP contribution in [0.4, 0.5) is 0 Å². The Morgan fingerprint density at radius 2 is 1.85 bits per heavy atom. The third-order valence-corrected chi connectivity index (χ3v) is 7.68. The number of sulfone groups is 1. The van der Waals surface area contributed by atoms with Crippen molar-refractivity contribution in [3.63, 3.8) is 0 Å². The van der Waals surface area contributed by atoms with Crippen LogP contribution in [0.3, 0.4) is 0 Å². The highest BCUT2D eigenvalue weighted by Crippen LogP contribution is 2.38. The molecule has 34 heavy (non-hydrogen) atoms. The lowest BCUT2D eigenvalue weighted by molar-refractivity contribution is -0.120. The summed E-state index contributed by atoms with van der Waals surface area (Å²) in [5.74, 6) is 1.30. The number of methoxy groups -OCH3 is 4. The molecular weight excluding hydrogens is 464 g/mol. The third-order valence-electron chi connectivity index (χ3n) is 5.41. The normalized spacial score (nSPS) is 19.9. The lowest BCUT2D eigenvalue weighted by Crippen LogP contribution is -2.57. The molecule has 1 amide bonds. The number of ether oxygens (including phenoxy) is 4. The zero-order chi connectivity index (χ0) is 24.8. The Morgan fingerprint density at radius 1 is 1.09 bits per heavy atom. The monoisotopic (exact) mass is 492 g/mol. The topological polar surface area (TPSA) is 125 Å². The molecule has 2 unspecified atom stereocenters. The van der Waals surface area contributed by atoms with Gasteiger partial charge in [-0.15, -0.1) is 0 Å². The summed E-state index contributed by atoms with van der Waals surface area (Å²) < 4.78 is 54.3. The summed E-state index contributed by atoms with van der Waals surface area (Å²) in [6, 6.07) is 6.78. The van der Waals surface area contributed by atoms with Gasteiger partial charge in [-0.1, -0.05) is 0 Å². The molecule has 1 aliphatic rings. The fraction of sp³-hybridized carbons (Fsp3) is 0.348. The molecule has 1 aromatic carbocycles. The van der Waals surface area contributed by atoms with Crippen LogP contribution in [0, 0.1) is 0 Å². The smallest absolute Gasteiger partial charge is 0.234 e. The number of allylic oxidation sites excluding steroid dienone is 1. The van der Waals surface area contributed by atoms with E-state index in [9.17, 15) is 13.2 Å². The first-order valence-corrected chi connectivity index (χ1v) is 11.8. The summed E-state index contributed by atoms with van der Waals surface area (Å²) in [6.07, 6.45) is 5.98. The van der Waals surface area contributed by atoms with Gasteiger partial charge in [0, 0.05) is 13.2 Å². The molecule has 1 aliphatic carbocycles. The number of benzene rings is 1. The van der Waals surface area contributed by atoms with Crippen LogP contribution in [0.25, 0.3) is 0 Å². The van der Waals surface area contributed by atoms with Crippen molar-refractivity contribution in [3.05, 3.63) is 66.3 Å². The van der Waals surface area contributed by atoms with E-state index < -0.39 is 20.8 Å². The van der Waals surface area contributed by atoms with Crippen LogP contribution in [0.1, 0.15) is 5.76 Å². The average Bonchev–Trinajstić information content (AvgIpc) is 3.39. The molecule has 3 rings (SSSR count). The van der Waals surface area contributed by atoms with Crippen molar-refractivity contribution < 1.29 is 36.6 Å². The second kappa shape index (κ2) is 10.8. The lowest BCUT2D eigenvalue weighted by Gasteiger charge is -2.37. The first-order valence-electron chi connectivity index (χ1n) is 10.3. The van der Waals surface area contributed by atoms with Crippen molar-refractivity contribution in [2.75, 3.05) is 35.0 Å². The summed E-state index contributed by atoms with van der Waals surface area (Å²) in [4.78, 5) is 10.5. The number of carbonyl (C=O) groups excluding carboxylic acids is 1. The molecule has 0 spiro atoms. The van der Waals surface area contributed by atoms with Gasteiger partial charge < -0.3 is 28.7 Å². The number of furan rings is 1. The van der Waals surface area contributed by atoms with Gasteiger partial charge in [-0.05, 0) is 42.5 Å². The SMILES string of the molecule is COC1=CC(NCC(=O)NCc2ccco2)C(OC)(S(=O)(=O)c2ccc(OC)c(OC)c2)C=C1. The van der Waals surface area contributed by atoms with Crippen LogP contribution in [0.5, 0.6) is 11.5 Å². The quantitative estimate of drug-likeness (QED) is 0.483. The van der Waals surface area contributed by atoms with E-state index in [2.05, 4.69) is 10.6 Å². The van der Waals surface area contributed by atoms with E-state index >= 15 is 0 Å². The summed E-state index contributed by atoms with van der Waals surface area (Å²) in [6.45, 7) is 0.0237. The molecule has 2 atom stereocenters. The summed E-state index contributed by atoms with van der Waals surface area (Å²) in [5.41, 5.74) is 0. The number of amides is 1. The molecule has 1 heterocycles. The van der Waals surface area contributed by atoms with Crippen LogP contribution in [0.15, 0.2) is 69.9 Å². The van der Waals surface area contributed by atoms with Crippen LogP contribution < -0.4 is 20.1 Å². The Balaban J connectivity index is 1.89. The fourth-order valence-electron chi connectivity index (χ4n) is 3.57. The maximum atomic E-state index is 13.8. The molecule has 0 aliphatic heterocycles. The summed E-state index contributed by atoms with van der Waals surface area (Å²) >= 11 is 0. The second-order valence-electron chi connectivity index (χ2n) is 7.27. The molecule has 0 radical (unpaired) electrons. The van der Waals surface area contributed by atoms with Crippen LogP contribution in [-0.2, 0) is 30.7 Å². The molecule has 2 aromatic rings. The maximum absolute atomic E-state index is 13.8. The molecule has 0 saturated heterocycles. The largest absolute Gasteiger partial charge is 0.497 e. The maximum Gasteiger partial charge on any atom is 0.234 e. The number of carbonyl (C=O) groups is 1. The van der Waals surface area contributed by atoms with Gasteiger partial charge in [0.2, 0.25) is 20.7 Å². The second-order valence-corrected chi connectivity index (χ2v) is 9.38. The predicted molar refractivity (Wildman–Crippen MR) is 123 cm³/mol. The van der Waals surface area contributed by atoms with E-state index in [1.807, 2.05) is 0 Å². The zero-order valence-electron chi connectivity index (χ0n) is 19.4. The van der Waals surface area contributed by atoms with E-state index in [4.69, 9.17) is 23.4 Å². The van der Waals surface area contributed by atoms with Crippen molar-refractivity contribution in [2.24, 2.45) is 0 Å². The van der Waals surface area contributed by atoms with E-state index in [1.54, 1.807) is 18.2 Å². The van der Waals surface area contributed by atoms with E-state index in [-0.39, 0.29) is 29.6 Å². The number of hydrogen-bond donors (Lipinski definition) is 2. The van der Waals surface area contributed by atoms with E-state index in [0.29, 0.717) is 17.3 Å². The van der Waals surface area contributed by atoms with Crippen molar-refractivity contribution in [2.45, 2.75) is 22.4 Å². The Bertz CT molecular complexity index is 1160. The van der Waals surface area contributed by atoms with Crippen molar-refractivity contribution in [1.82, 2.24) is 10.6 Å². The Morgan fingerprint density at radius 3 is 2.47 bits per heavy atom. The van der Waals surface area contributed by atoms with Gasteiger partial charge in [-0.3, -0.25) is 10.1 Å². The molecule has 0 bridgehead atoms. The van der Waals surface area contributed by atoms with E-state index in [0.717, 1.165) is 0 Å². The Hall–Kier alpha value is -3.28. The van der Waals surface area contributed by atoms with Gasteiger partial charge in [0.15, 0.2) is 11.5 Å². The molecule has 10 nitrogen and oxygen atoms in total. The van der Waals surface area contributed by atoms with Crippen molar-refractivity contribution >= 4 is 15.7 Å². The minimum Gasteiger partial charge on any atom is -0.497 e. The number of nitrogens with one attached hydrogen (secondary N) is 2.